The number of aromatic nitrogens is 1. The predicted molar refractivity (Wildman–Crippen MR) is 90.8 cm³/mol. The summed E-state index contributed by atoms with van der Waals surface area (Å²) in [6, 6.07) is 16.0. The molecule has 0 bridgehead atoms. The van der Waals surface area contributed by atoms with Gasteiger partial charge in [-0.1, -0.05) is 18.2 Å². The molecule has 23 heavy (non-hydrogen) atoms. The summed E-state index contributed by atoms with van der Waals surface area (Å²) in [7, 11) is 0. The molecule has 0 radical (unpaired) electrons. The Bertz CT molecular complexity index is 889. The lowest BCUT2D eigenvalue weighted by atomic mass is 10.1. The molecule has 0 unspecified atom stereocenters. The van der Waals surface area contributed by atoms with Gasteiger partial charge >= 0.3 is 0 Å². The van der Waals surface area contributed by atoms with Crippen LogP contribution in [0.25, 0.3) is 10.9 Å². The Hall–Kier alpha value is -3.28. The highest BCUT2D eigenvalue weighted by Gasteiger charge is 2.03. The number of aryl methyl sites for hydroxylation is 1. The maximum Gasteiger partial charge on any atom is 0.269 e. The molecule has 2 aromatic carbocycles. The van der Waals surface area contributed by atoms with Crippen LogP contribution in [0.5, 0.6) is 0 Å². The number of hydrogen-bond acceptors (Lipinski definition) is 5. The maximum absolute atomic E-state index is 10.6. The van der Waals surface area contributed by atoms with Crippen LogP contribution in [0.3, 0.4) is 0 Å². The van der Waals surface area contributed by atoms with Crippen molar-refractivity contribution in [1.82, 2.24) is 4.98 Å². The van der Waals surface area contributed by atoms with E-state index in [1.807, 2.05) is 37.3 Å². The summed E-state index contributed by atoms with van der Waals surface area (Å²) in [5.74, 6) is 0.652. The zero-order valence-corrected chi connectivity index (χ0v) is 12.4. The summed E-state index contributed by atoms with van der Waals surface area (Å²) in [6.45, 7) is 2.02. The molecule has 0 fully saturated rings. The lowest BCUT2D eigenvalue weighted by Crippen LogP contribution is -1.95. The number of nitrogens with one attached hydrogen (secondary N) is 1. The van der Waals surface area contributed by atoms with E-state index in [9.17, 15) is 10.1 Å². The number of nitro groups is 1. The Morgan fingerprint density at radius 3 is 2.65 bits per heavy atom. The first-order valence-electron chi connectivity index (χ1n) is 7.03. The van der Waals surface area contributed by atoms with Crippen molar-refractivity contribution in [3.8, 4) is 0 Å². The first-order valence-corrected chi connectivity index (χ1v) is 7.03. The zero-order chi connectivity index (χ0) is 16.2. The molecule has 1 aromatic heterocycles. The van der Waals surface area contributed by atoms with Crippen molar-refractivity contribution >= 4 is 28.6 Å². The van der Waals surface area contributed by atoms with Crippen LogP contribution in [0.2, 0.25) is 0 Å². The van der Waals surface area contributed by atoms with Crippen molar-refractivity contribution in [3.63, 3.8) is 0 Å². The SMILES string of the molecule is Cc1cc(N/N=C/c2ccc([N+](=O)[O-])cc2)nc2ccccc12. The lowest BCUT2D eigenvalue weighted by molar-refractivity contribution is -0.384. The molecule has 0 spiro atoms. The standard InChI is InChI=1S/C17H14N4O2/c1-12-10-17(19-16-5-3-2-4-15(12)16)20-18-11-13-6-8-14(9-7-13)21(22)23/h2-11H,1H3,(H,19,20)/b18-11+. The van der Waals surface area contributed by atoms with Crippen LogP contribution in [-0.4, -0.2) is 16.1 Å². The van der Waals surface area contributed by atoms with Crippen LogP contribution in [-0.2, 0) is 0 Å². The molecule has 114 valence electrons. The first-order chi connectivity index (χ1) is 11.1. The van der Waals surface area contributed by atoms with E-state index < -0.39 is 4.92 Å². The largest absolute Gasteiger partial charge is 0.269 e. The molecule has 0 saturated carbocycles. The van der Waals surface area contributed by atoms with E-state index in [0.29, 0.717) is 5.82 Å². The second-order valence-corrected chi connectivity index (χ2v) is 5.06. The molecule has 1 N–H and O–H groups in total. The number of non-ortho nitro benzene ring substituents is 1. The molecule has 0 atom stereocenters. The topological polar surface area (TPSA) is 80.4 Å². The molecule has 0 amide bonds. The summed E-state index contributed by atoms with van der Waals surface area (Å²) in [6.07, 6.45) is 1.59. The van der Waals surface area contributed by atoms with Gasteiger partial charge in [0.2, 0.25) is 0 Å². The van der Waals surface area contributed by atoms with Crippen molar-refractivity contribution in [2.24, 2.45) is 5.10 Å². The van der Waals surface area contributed by atoms with Gasteiger partial charge in [-0.05, 0) is 42.3 Å². The molecule has 3 rings (SSSR count). The van der Waals surface area contributed by atoms with Crippen molar-refractivity contribution in [2.75, 3.05) is 5.43 Å². The third-order valence-corrected chi connectivity index (χ3v) is 3.42. The zero-order valence-electron chi connectivity index (χ0n) is 12.4. The lowest BCUT2D eigenvalue weighted by Gasteiger charge is -2.05. The van der Waals surface area contributed by atoms with E-state index in [1.54, 1.807) is 18.3 Å². The van der Waals surface area contributed by atoms with Gasteiger partial charge in [0.1, 0.15) is 5.82 Å². The van der Waals surface area contributed by atoms with Gasteiger partial charge < -0.3 is 0 Å². The van der Waals surface area contributed by atoms with Crippen LogP contribution in [0.4, 0.5) is 11.5 Å². The second-order valence-electron chi connectivity index (χ2n) is 5.06. The van der Waals surface area contributed by atoms with Crippen molar-refractivity contribution < 1.29 is 4.92 Å². The minimum absolute atomic E-state index is 0.0573. The fraction of sp³-hybridized carbons (Fsp3) is 0.0588. The van der Waals surface area contributed by atoms with Gasteiger partial charge in [-0.3, -0.25) is 15.5 Å². The Kier molecular flexibility index (Phi) is 3.97. The normalized spacial score (nSPS) is 11.0. The van der Waals surface area contributed by atoms with E-state index >= 15 is 0 Å². The fourth-order valence-electron chi connectivity index (χ4n) is 2.26. The highest BCUT2D eigenvalue weighted by atomic mass is 16.6. The van der Waals surface area contributed by atoms with Gasteiger partial charge in [0.25, 0.3) is 5.69 Å². The van der Waals surface area contributed by atoms with Gasteiger partial charge in [-0.25, -0.2) is 4.98 Å². The fourth-order valence-corrected chi connectivity index (χ4v) is 2.26. The summed E-state index contributed by atoms with van der Waals surface area (Å²) in [5.41, 5.74) is 5.73. The van der Waals surface area contributed by atoms with E-state index in [1.165, 1.54) is 12.1 Å². The smallest absolute Gasteiger partial charge is 0.261 e. The van der Waals surface area contributed by atoms with Crippen LogP contribution < -0.4 is 5.43 Å². The average molecular weight is 306 g/mol. The van der Waals surface area contributed by atoms with Gasteiger partial charge in [0, 0.05) is 17.5 Å². The highest BCUT2D eigenvalue weighted by molar-refractivity contribution is 5.84. The number of anilines is 1. The number of para-hydroxylation sites is 1. The molecule has 0 saturated heterocycles. The molecule has 6 nitrogen and oxygen atoms in total. The van der Waals surface area contributed by atoms with Crippen LogP contribution in [0, 0.1) is 17.0 Å². The number of hydrazone groups is 1. The Morgan fingerprint density at radius 1 is 1.17 bits per heavy atom. The Morgan fingerprint density at radius 2 is 1.91 bits per heavy atom. The van der Waals surface area contributed by atoms with Crippen molar-refractivity contribution in [3.05, 3.63) is 75.8 Å². The van der Waals surface area contributed by atoms with Crippen molar-refractivity contribution in [1.29, 1.82) is 0 Å². The number of fused-ring (bicyclic) bond motifs is 1. The Labute approximate surface area is 132 Å². The molecular formula is C17H14N4O2. The number of hydrogen-bond donors (Lipinski definition) is 1. The molecule has 0 aliphatic carbocycles. The summed E-state index contributed by atoms with van der Waals surface area (Å²) < 4.78 is 0. The predicted octanol–water partition coefficient (Wildman–Crippen LogP) is 3.90. The third-order valence-electron chi connectivity index (χ3n) is 3.42. The van der Waals surface area contributed by atoms with Gasteiger partial charge in [0.15, 0.2) is 0 Å². The van der Waals surface area contributed by atoms with E-state index in [2.05, 4.69) is 15.5 Å². The van der Waals surface area contributed by atoms with Crippen LogP contribution >= 0.6 is 0 Å². The molecule has 0 aliphatic rings. The molecular weight excluding hydrogens is 292 g/mol. The highest BCUT2D eigenvalue weighted by Crippen LogP contribution is 2.19. The number of nitrogens with zero attached hydrogens (tertiary/aromatic N) is 3. The second kappa shape index (κ2) is 6.23. The van der Waals surface area contributed by atoms with Crippen LogP contribution in [0.1, 0.15) is 11.1 Å². The monoisotopic (exact) mass is 306 g/mol. The maximum atomic E-state index is 10.6. The van der Waals surface area contributed by atoms with Gasteiger partial charge in [0.05, 0.1) is 16.7 Å². The van der Waals surface area contributed by atoms with Crippen LogP contribution in [0.15, 0.2) is 59.7 Å². The van der Waals surface area contributed by atoms with E-state index in [4.69, 9.17) is 0 Å². The minimum Gasteiger partial charge on any atom is -0.261 e. The van der Waals surface area contributed by atoms with Crippen molar-refractivity contribution in [2.45, 2.75) is 6.92 Å². The first kappa shape index (κ1) is 14.6. The number of rotatable bonds is 4. The molecule has 1 heterocycles. The van der Waals surface area contributed by atoms with Gasteiger partial charge in [-0.2, -0.15) is 5.10 Å². The number of nitro benzene ring substituents is 1. The summed E-state index contributed by atoms with van der Waals surface area (Å²) >= 11 is 0. The summed E-state index contributed by atoms with van der Waals surface area (Å²) in [4.78, 5) is 14.7. The number of pyridine rings is 1. The van der Waals surface area contributed by atoms with E-state index in [-0.39, 0.29) is 5.69 Å². The molecule has 6 heteroatoms. The minimum atomic E-state index is -0.430. The molecule has 0 aliphatic heterocycles. The summed E-state index contributed by atoms with van der Waals surface area (Å²) in [5, 5.41) is 15.8. The van der Waals surface area contributed by atoms with E-state index in [0.717, 1.165) is 22.0 Å². The molecule has 3 aromatic rings. The third kappa shape index (κ3) is 3.32. The quantitative estimate of drug-likeness (QED) is 0.450. The average Bonchev–Trinajstić information content (AvgIpc) is 2.55. The Balaban J connectivity index is 1.76. The number of benzene rings is 2. The van der Waals surface area contributed by atoms with Gasteiger partial charge in [-0.15, -0.1) is 0 Å².